The first kappa shape index (κ1) is 26.0. The zero-order chi connectivity index (χ0) is 24.8. The maximum atomic E-state index is 13.4. The van der Waals surface area contributed by atoms with Crippen molar-refractivity contribution in [2.24, 2.45) is 0 Å². The van der Waals surface area contributed by atoms with Gasteiger partial charge < -0.3 is 5.32 Å². The molecule has 182 valence electrons. The summed E-state index contributed by atoms with van der Waals surface area (Å²) >= 11 is 1.38. The van der Waals surface area contributed by atoms with Gasteiger partial charge in [0, 0.05) is 30.2 Å². The van der Waals surface area contributed by atoms with Crippen LogP contribution in [0.3, 0.4) is 0 Å². The van der Waals surface area contributed by atoms with Crippen LogP contribution < -0.4 is 5.32 Å². The van der Waals surface area contributed by atoms with E-state index in [1.807, 2.05) is 17.5 Å². The van der Waals surface area contributed by atoms with Crippen LogP contribution in [0.2, 0.25) is 0 Å². The molecule has 0 fully saturated rings. The van der Waals surface area contributed by atoms with Crippen molar-refractivity contribution in [2.75, 3.05) is 25.0 Å². The Morgan fingerprint density at radius 1 is 0.794 bits per heavy atom. The van der Waals surface area contributed by atoms with E-state index in [1.54, 1.807) is 44.2 Å². The predicted octanol–water partition coefficient (Wildman–Crippen LogP) is 3.61. The topological polar surface area (TPSA) is 104 Å². The highest BCUT2D eigenvalue weighted by molar-refractivity contribution is 7.89. The van der Waals surface area contributed by atoms with Crippen molar-refractivity contribution >= 4 is 43.0 Å². The molecule has 34 heavy (non-hydrogen) atoms. The van der Waals surface area contributed by atoms with E-state index in [9.17, 15) is 21.6 Å². The lowest BCUT2D eigenvalue weighted by Crippen LogP contribution is -2.37. The van der Waals surface area contributed by atoms with Gasteiger partial charge in [-0.1, -0.05) is 38.1 Å². The second-order valence-corrected chi connectivity index (χ2v) is 12.2. The molecule has 0 bridgehead atoms. The average molecular weight is 522 g/mol. The summed E-state index contributed by atoms with van der Waals surface area (Å²) in [7, 11) is -7.80. The lowest BCUT2D eigenvalue weighted by atomic mass is 10.3. The number of rotatable bonds is 11. The summed E-state index contributed by atoms with van der Waals surface area (Å²) in [6.45, 7) is 3.72. The Morgan fingerprint density at radius 2 is 1.35 bits per heavy atom. The van der Waals surface area contributed by atoms with Crippen LogP contribution in [-0.2, 0) is 31.4 Å². The number of carbonyl (C=O) groups excluding carboxylic acids is 1. The van der Waals surface area contributed by atoms with Gasteiger partial charge in [-0.3, -0.25) is 4.79 Å². The number of benzene rings is 2. The summed E-state index contributed by atoms with van der Waals surface area (Å²) in [5, 5.41) is 4.53. The smallest absolute Gasteiger partial charge is 0.243 e. The number of nitrogens with one attached hydrogen (secondary N) is 1. The van der Waals surface area contributed by atoms with Gasteiger partial charge in [0.1, 0.15) is 0 Å². The summed E-state index contributed by atoms with van der Waals surface area (Å²) in [5.41, 5.74) is 0.562. The molecule has 0 atom stereocenters. The molecular weight excluding hydrogens is 494 g/mol. The molecule has 0 saturated carbocycles. The summed E-state index contributed by atoms with van der Waals surface area (Å²) in [4.78, 5) is 13.4. The highest BCUT2D eigenvalue weighted by Gasteiger charge is 2.29. The number of thiophene rings is 1. The van der Waals surface area contributed by atoms with E-state index >= 15 is 0 Å². The van der Waals surface area contributed by atoms with Crippen molar-refractivity contribution < 1.29 is 21.6 Å². The third-order valence-corrected chi connectivity index (χ3v) is 9.83. The zero-order valence-electron chi connectivity index (χ0n) is 18.9. The standard InChI is InChI=1S/C23H27N3O5S3/c1-3-25(4-2)33(28,29)21-12-14-22(15-13-21)34(30,31)26(17-20-11-8-16-32-20)18-23(27)24-19-9-6-5-7-10-19/h5-16H,3-4,17-18H2,1-2H3,(H,24,27). The fourth-order valence-electron chi connectivity index (χ4n) is 3.33. The van der Waals surface area contributed by atoms with Gasteiger partial charge in [-0.15, -0.1) is 11.3 Å². The van der Waals surface area contributed by atoms with E-state index in [2.05, 4.69) is 5.32 Å². The quantitative estimate of drug-likeness (QED) is 0.415. The molecule has 0 aliphatic rings. The molecule has 0 aliphatic carbocycles. The second kappa shape index (κ2) is 11.2. The number of hydrogen-bond donors (Lipinski definition) is 1. The maximum absolute atomic E-state index is 13.4. The molecule has 1 amide bonds. The molecule has 3 aromatic rings. The Hall–Kier alpha value is -2.57. The first-order chi connectivity index (χ1) is 16.2. The SMILES string of the molecule is CCN(CC)S(=O)(=O)c1ccc(S(=O)(=O)N(CC(=O)Nc2ccccc2)Cc2cccs2)cc1. The Labute approximate surface area is 204 Å². The van der Waals surface area contributed by atoms with Gasteiger partial charge in [-0.2, -0.15) is 8.61 Å². The molecule has 1 N–H and O–H groups in total. The number of sulfonamides is 2. The van der Waals surface area contributed by atoms with Crippen molar-refractivity contribution in [1.29, 1.82) is 0 Å². The van der Waals surface area contributed by atoms with E-state index in [4.69, 9.17) is 0 Å². The minimum Gasteiger partial charge on any atom is -0.325 e. The van der Waals surface area contributed by atoms with E-state index in [1.165, 1.54) is 39.9 Å². The van der Waals surface area contributed by atoms with Crippen molar-refractivity contribution in [3.63, 3.8) is 0 Å². The molecule has 8 nitrogen and oxygen atoms in total. The normalized spacial score (nSPS) is 12.2. The van der Waals surface area contributed by atoms with Crippen LogP contribution in [0.15, 0.2) is 81.9 Å². The fraction of sp³-hybridized carbons (Fsp3) is 0.261. The summed E-state index contributed by atoms with van der Waals surface area (Å²) in [6.07, 6.45) is 0. The van der Waals surface area contributed by atoms with Gasteiger partial charge in [-0.05, 0) is 47.8 Å². The zero-order valence-corrected chi connectivity index (χ0v) is 21.4. The van der Waals surface area contributed by atoms with E-state index < -0.39 is 32.5 Å². The minimum absolute atomic E-state index is 0.0155. The number of nitrogens with zero attached hydrogens (tertiary/aromatic N) is 2. The van der Waals surface area contributed by atoms with Gasteiger partial charge >= 0.3 is 0 Å². The Kier molecular flexibility index (Phi) is 8.61. The predicted molar refractivity (Wildman–Crippen MR) is 134 cm³/mol. The molecule has 2 aromatic carbocycles. The first-order valence-electron chi connectivity index (χ1n) is 10.7. The highest BCUT2D eigenvalue weighted by atomic mass is 32.2. The Morgan fingerprint density at radius 3 is 1.85 bits per heavy atom. The largest absolute Gasteiger partial charge is 0.325 e. The number of amides is 1. The third kappa shape index (κ3) is 6.10. The molecule has 1 aromatic heterocycles. The summed E-state index contributed by atoms with van der Waals surface area (Å²) in [5.74, 6) is -0.480. The number of hydrogen-bond acceptors (Lipinski definition) is 6. The molecule has 0 saturated heterocycles. The van der Waals surface area contributed by atoms with Gasteiger partial charge in [0.15, 0.2) is 0 Å². The lowest BCUT2D eigenvalue weighted by molar-refractivity contribution is -0.116. The van der Waals surface area contributed by atoms with Gasteiger partial charge in [0.2, 0.25) is 26.0 Å². The molecule has 11 heteroatoms. The van der Waals surface area contributed by atoms with Gasteiger partial charge in [0.25, 0.3) is 0 Å². The van der Waals surface area contributed by atoms with E-state index in [-0.39, 0.29) is 16.3 Å². The molecule has 0 aliphatic heterocycles. The highest BCUT2D eigenvalue weighted by Crippen LogP contribution is 2.23. The minimum atomic E-state index is -4.09. The Balaban J connectivity index is 1.88. The van der Waals surface area contributed by atoms with Crippen molar-refractivity contribution in [3.8, 4) is 0 Å². The molecule has 0 unspecified atom stereocenters. The van der Waals surface area contributed by atoms with Gasteiger partial charge in [0.05, 0.1) is 16.3 Å². The van der Waals surface area contributed by atoms with Crippen molar-refractivity contribution in [2.45, 2.75) is 30.2 Å². The van der Waals surface area contributed by atoms with E-state index in [0.29, 0.717) is 18.8 Å². The van der Waals surface area contributed by atoms with Crippen molar-refractivity contribution in [1.82, 2.24) is 8.61 Å². The molecule has 1 heterocycles. The number of para-hydroxylation sites is 1. The molecule has 0 spiro atoms. The van der Waals surface area contributed by atoms with Crippen LogP contribution in [0.1, 0.15) is 18.7 Å². The first-order valence-corrected chi connectivity index (χ1v) is 14.4. The van der Waals surface area contributed by atoms with Crippen LogP contribution in [0.5, 0.6) is 0 Å². The van der Waals surface area contributed by atoms with Crippen LogP contribution in [0, 0.1) is 0 Å². The Bertz CT molecular complexity index is 1290. The van der Waals surface area contributed by atoms with Gasteiger partial charge in [-0.25, -0.2) is 16.8 Å². The number of anilines is 1. The number of carbonyl (C=O) groups is 1. The van der Waals surface area contributed by atoms with Crippen molar-refractivity contribution in [3.05, 3.63) is 77.0 Å². The van der Waals surface area contributed by atoms with Crippen LogP contribution >= 0.6 is 11.3 Å². The molecule has 0 radical (unpaired) electrons. The van der Waals surface area contributed by atoms with Crippen LogP contribution in [0.4, 0.5) is 5.69 Å². The molecule has 3 rings (SSSR count). The van der Waals surface area contributed by atoms with Crippen LogP contribution in [-0.4, -0.2) is 51.0 Å². The fourth-order valence-corrected chi connectivity index (χ4v) is 6.96. The monoisotopic (exact) mass is 521 g/mol. The van der Waals surface area contributed by atoms with E-state index in [0.717, 1.165) is 9.18 Å². The molecular formula is C23H27N3O5S3. The van der Waals surface area contributed by atoms with Crippen LogP contribution in [0.25, 0.3) is 0 Å². The average Bonchev–Trinajstić information content (AvgIpc) is 3.33. The third-order valence-electron chi connectivity index (χ3n) is 5.09. The second-order valence-electron chi connectivity index (χ2n) is 7.33. The summed E-state index contributed by atoms with van der Waals surface area (Å²) < 4.78 is 54.7. The summed E-state index contributed by atoms with van der Waals surface area (Å²) in [6, 6.07) is 17.5. The maximum Gasteiger partial charge on any atom is 0.243 e. The lowest BCUT2D eigenvalue weighted by Gasteiger charge is -2.22.